The fourth-order valence-corrected chi connectivity index (χ4v) is 1.57. The summed E-state index contributed by atoms with van der Waals surface area (Å²) in [6, 6.07) is 5.71. The lowest BCUT2D eigenvalue weighted by Crippen LogP contribution is -2.25. The van der Waals surface area contributed by atoms with E-state index in [1.807, 2.05) is 18.2 Å². The van der Waals surface area contributed by atoms with Crippen LogP contribution < -0.4 is 20.1 Å². The third-order valence-corrected chi connectivity index (χ3v) is 2.62. The maximum absolute atomic E-state index is 11.1. The fourth-order valence-electron chi connectivity index (χ4n) is 1.57. The molecule has 1 rings (SSSR count). The molecular formula is C14H22N2O3. The molecule has 0 bridgehead atoms. The number of nitrogens with one attached hydrogen (secondary N) is 2. The Hall–Kier alpha value is -1.75. The first-order valence-corrected chi connectivity index (χ1v) is 6.42. The number of methoxy groups -OCH3 is 1. The van der Waals surface area contributed by atoms with E-state index in [1.54, 1.807) is 14.2 Å². The Kier molecular flexibility index (Phi) is 6.74. The number of ether oxygens (including phenoxy) is 2. The van der Waals surface area contributed by atoms with Crippen molar-refractivity contribution in [3.05, 3.63) is 23.8 Å². The average molecular weight is 266 g/mol. The monoisotopic (exact) mass is 266 g/mol. The molecule has 0 saturated carbocycles. The predicted octanol–water partition coefficient (Wildman–Crippen LogP) is 1.32. The molecule has 1 amide bonds. The average Bonchev–Trinajstić information content (AvgIpc) is 2.45. The number of carbonyl (C=O) groups excluding carboxylic acids is 1. The van der Waals surface area contributed by atoms with Crippen LogP contribution in [0.4, 0.5) is 0 Å². The molecule has 1 aromatic rings. The Morgan fingerprint density at radius 1 is 1.32 bits per heavy atom. The predicted molar refractivity (Wildman–Crippen MR) is 74.6 cm³/mol. The van der Waals surface area contributed by atoms with Gasteiger partial charge in [-0.2, -0.15) is 0 Å². The number of hydrogen-bond acceptors (Lipinski definition) is 4. The van der Waals surface area contributed by atoms with Crippen molar-refractivity contribution in [2.45, 2.75) is 19.9 Å². The van der Waals surface area contributed by atoms with Crippen LogP contribution in [-0.4, -0.2) is 33.2 Å². The molecule has 0 radical (unpaired) electrons. The minimum absolute atomic E-state index is 0.0136. The first kappa shape index (κ1) is 15.3. The molecule has 19 heavy (non-hydrogen) atoms. The lowest BCUT2D eigenvalue weighted by molar-refractivity contribution is -0.122. The van der Waals surface area contributed by atoms with Gasteiger partial charge in [0, 0.05) is 13.6 Å². The van der Waals surface area contributed by atoms with Gasteiger partial charge in [-0.25, -0.2) is 0 Å². The third-order valence-electron chi connectivity index (χ3n) is 2.62. The van der Waals surface area contributed by atoms with E-state index in [4.69, 9.17) is 9.47 Å². The Morgan fingerprint density at radius 2 is 2.11 bits per heavy atom. The highest BCUT2D eigenvalue weighted by Crippen LogP contribution is 2.27. The van der Waals surface area contributed by atoms with Crippen LogP contribution in [0.1, 0.15) is 18.9 Å². The third kappa shape index (κ3) is 5.18. The molecule has 0 aliphatic heterocycles. The molecule has 1 aromatic carbocycles. The van der Waals surface area contributed by atoms with Gasteiger partial charge in [0.2, 0.25) is 0 Å². The van der Waals surface area contributed by atoms with Crippen molar-refractivity contribution in [3.8, 4) is 11.5 Å². The molecule has 0 aliphatic carbocycles. The molecule has 0 aromatic heterocycles. The van der Waals surface area contributed by atoms with E-state index in [-0.39, 0.29) is 12.5 Å². The van der Waals surface area contributed by atoms with E-state index in [0.717, 1.165) is 25.1 Å². The highest BCUT2D eigenvalue weighted by Gasteiger charge is 2.07. The number of benzene rings is 1. The summed E-state index contributed by atoms with van der Waals surface area (Å²) in [4.78, 5) is 11.1. The van der Waals surface area contributed by atoms with Crippen molar-refractivity contribution < 1.29 is 14.3 Å². The minimum Gasteiger partial charge on any atom is -0.493 e. The second-order valence-corrected chi connectivity index (χ2v) is 4.12. The smallest absolute Gasteiger partial charge is 0.257 e. The van der Waals surface area contributed by atoms with Crippen LogP contribution in [0, 0.1) is 0 Å². The van der Waals surface area contributed by atoms with Crippen molar-refractivity contribution in [2.24, 2.45) is 0 Å². The summed E-state index contributed by atoms with van der Waals surface area (Å²) in [7, 11) is 3.16. The summed E-state index contributed by atoms with van der Waals surface area (Å²) in [6.45, 7) is 3.89. The summed E-state index contributed by atoms with van der Waals surface area (Å²) < 4.78 is 10.7. The highest BCUT2D eigenvalue weighted by molar-refractivity contribution is 5.77. The molecule has 5 heteroatoms. The van der Waals surface area contributed by atoms with E-state index >= 15 is 0 Å². The topological polar surface area (TPSA) is 59.6 Å². The Balaban J connectivity index is 2.64. The molecule has 0 atom stereocenters. The number of rotatable bonds is 8. The van der Waals surface area contributed by atoms with Crippen molar-refractivity contribution in [3.63, 3.8) is 0 Å². The van der Waals surface area contributed by atoms with Crippen LogP contribution >= 0.6 is 0 Å². The lowest BCUT2D eigenvalue weighted by Gasteiger charge is -2.12. The van der Waals surface area contributed by atoms with Crippen molar-refractivity contribution >= 4 is 5.91 Å². The van der Waals surface area contributed by atoms with E-state index in [1.165, 1.54) is 0 Å². The van der Waals surface area contributed by atoms with Gasteiger partial charge in [-0.15, -0.1) is 0 Å². The van der Waals surface area contributed by atoms with Gasteiger partial charge in [0.1, 0.15) is 0 Å². The Morgan fingerprint density at radius 3 is 2.74 bits per heavy atom. The van der Waals surface area contributed by atoms with Gasteiger partial charge in [0.05, 0.1) is 7.11 Å². The van der Waals surface area contributed by atoms with Crippen LogP contribution in [0.25, 0.3) is 0 Å². The number of likely N-dealkylation sites (N-methyl/N-ethyl adjacent to an activating group) is 1. The quantitative estimate of drug-likeness (QED) is 0.697. The molecule has 106 valence electrons. The summed E-state index contributed by atoms with van der Waals surface area (Å²) in [5.41, 5.74) is 1.12. The molecule has 2 N–H and O–H groups in total. The molecule has 0 saturated heterocycles. The van der Waals surface area contributed by atoms with E-state index in [2.05, 4.69) is 17.6 Å². The maximum atomic E-state index is 11.1. The van der Waals surface area contributed by atoms with Crippen LogP contribution in [0.3, 0.4) is 0 Å². The first-order chi connectivity index (χ1) is 9.21. The van der Waals surface area contributed by atoms with E-state index in [0.29, 0.717) is 11.5 Å². The number of hydrogen-bond donors (Lipinski definition) is 2. The van der Waals surface area contributed by atoms with Gasteiger partial charge in [0.25, 0.3) is 5.91 Å². The van der Waals surface area contributed by atoms with Crippen molar-refractivity contribution in [1.29, 1.82) is 0 Å². The highest BCUT2D eigenvalue weighted by atomic mass is 16.5. The summed E-state index contributed by atoms with van der Waals surface area (Å²) >= 11 is 0. The van der Waals surface area contributed by atoms with Crippen LogP contribution in [0.2, 0.25) is 0 Å². The maximum Gasteiger partial charge on any atom is 0.257 e. The normalized spacial score (nSPS) is 10.1. The summed E-state index contributed by atoms with van der Waals surface area (Å²) in [5.74, 6) is 1.04. The van der Waals surface area contributed by atoms with Crippen molar-refractivity contribution in [2.75, 3.05) is 27.3 Å². The van der Waals surface area contributed by atoms with Gasteiger partial charge in [-0.1, -0.05) is 13.0 Å². The minimum atomic E-state index is -0.171. The molecule has 0 unspecified atom stereocenters. The molecule has 0 fully saturated rings. The van der Waals surface area contributed by atoms with E-state index in [9.17, 15) is 4.79 Å². The van der Waals surface area contributed by atoms with Gasteiger partial charge in [-0.05, 0) is 30.7 Å². The second-order valence-electron chi connectivity index (χ2n) is 4.12. The zero-order valence-corrected chi connectivity index (χ0v) is 11.8. The van der Waals surface area contributed by atoms with Gasteiger partial charge in [0.15, 0.2) is 18.1 Å². The molecular weight excluding hydrogens is 244 g/mol. The summed E-state index contributed by atoms with van der Waals surface area (Å²) in [6.07, 6.45) is 1.10. The first-order valence-electron chi connectivity index (χ1n) is 6.42. The largest absolute Gasteiger partial charge is 0.493 e. The molecule has 0 spiro atoms. The fraction of sp³-hybridized carbons (Fsp3) is 0.500. The van der Waals surface area contributed by atoms with Crippen molar-refractivity contribution in [1.82, 2.24) is 10.6 Å². The zero-order valence-electron chi connectivity index (χ0n) is 11.8. The van der Waals surface area contributed by atoms with Gasteiger partial charge < -0.3 is 20.1 Å². The zero-order chi connectivity index (χ0) is 14.1. The molecule has 5 nitrogen and oxygen atoms in total. The van der Waals surface area contributed by atoms with E-state index < -0.39 is 0 Å². The Labute approximate surface area is 114 Å². The van der Waals surface area contributed by atoms with Gasteiger partial charge >= 0.3 is 0 Å². The molecule has 0 heterocycles. The number of amides is 1. The van der Waals surface area contributed by atoms with Crippen LogP contribution in [0.15, 0.2) is 18.2 Å². The summed E-state index contributed by atoms with van der Waals surface area (Å²) in [5, 5.41) is 5.82. The second kappa shape index (κ2) is 8.37. The van der Waals surface area contributed by atoms with Crippen LogP contribution in [-0.2, 0) is 11.3 Å². The number of carbonyl (C=O) groups is 1. The van der Waals surface area contributed by atoms with Gasteiger partial charge in [-0.3, -0.25) is 4.79 Å². The lowest BCUT2D eigenvalue weighted by atomic mass is 10.2. The van der Waals surface area contributed by atoms with Crippen LogP contribution in [0.5, 0.6) is 11.5 Å². The Bertz CT molecular complexity index is 408. The standard InChI is InChI=1S/C14H22N2O3/c1-4-7-16-9-11-5-6-12(13(8-11)18-3)19-10-14(17)15-2/h5-6,8,16H,4,7,9-10H2,1-3H3,(H,15,17). The SMILES string of the molecule is CCCNCc1ccc(OCC(=O)NC)c(OC)c1. The molecule has 0 aliphatic rings.